The van der Waals surface area contributed by atoms with Crippen LogP contribution in [-0.4, -0.2) is 25.8 Å². The van der Waals surface area contributed by atoms with Crippen LogP contribution in [0.4, 0.5) is 0 Å². The Hall–Kier alpha value is -0.770. The van der Waals surface area contributed by atoms with Gasteiger partial charge >= 0.3 is 0 Å². The van der Waals surface area contributed by atoms with Crippen LogP contribution in [0.2, 0.25) is 0 Å². The van der Waals surface area contributed by atoms with E-state index < -0.39 is 0 Å². The molecule has 3 heterocycles. The van der Waals surface area contributed by atoms with Crippen LogP contribution < -0.4 is 0 Å². The number of hydrogen-bond acceptors (Lipinski definition) is 3. The molecule has 1 aromatic heterocycles. The number of fused-ring (bicyclic) bond motifs is 2. The van der Waals surface area contributed by atoms with Crippen molar-refractivity contribution in [2.24, 2.45) is 13.0 Å². The monoisotopic (exact) mass is 250 g/mol. The first kappa shape index (κ1) is 11.3. The van der Waals surface area contributed by atoms with Gasteiger partial charge in [-0.3, -0.25) is 4.79 Å². The highest BCUT2D eigenvalue weighted by molar-refractivity contribution is 8.00. The SMILES string of the molecule is Cn1cncc1C(=O)C1CC2CCCC(C1)S2. The molecule has 92 valence electrons. The Kier molecular flexibility index (Phi) is 2.99. The summed E-state index contributed by atoms with van der Waals surface area (Å²) in [4.78, 5) is 16.5. The lowest BCUT2D eigenvalue weighted by Gasteiger charge is -2.37. The third kappa shape index (κ3) is 2.15. The van der Waals surface area contributed by atoms with Gasteiger partial charge in [-0.15, -0.1) is 0 Å². The molecular formula is C13H18N2OS. The van der Waals surface area contributed by atoms with E-state index in [2.05, 4.69) is 16.7 Å². The van der Waals surface area contributed by atoms with Gasteiger partial charge in [0.05, 0.1) is 12.5 Å². The summed E-state index contributed by atoms with van der Waals surface area (Å²) in [6.45, 7) is 0. The van der Waals surface area contributed by atoms with Crippen molar-refractivity contribution >= 4 is 17.5 Å². The summed E-state index contributed by atoms with van der Waals surface area (Å²) in [6.07, 6.45) is 9.53. The van der Waals surface area contributed by atoms with Gasteiger partial charge in [-0.05, 0) is 25.7 Å². The number of nitrogens with zero attached hydrogens (tertiary/aromatic N) is 2. The molecular weight excluding hydrogens is 232 g/mol. The highest BCUT2D eigenvalue weighted by Crippen LogP contribution is 2.44. The van der Waals surface area contributed by atoms with Crippen LogP contribution in [0.15, 0.2) is 12.5 Å². The number of hydrogen-bond donors (Lipinski definition) is 0. The number of thioether (sulfide) groups is 1. The van der Waals surface area contributed by atoms with E-state index in [0.717, 1.165) is 29.0 Å². The maximum Gasteiger partial charge on any atom is 0.183 e. The molecule has 0 spiro atoms. The number of Topliss-reactive ketones (excluding diaryl/α,β-unsaturated/α-hetero) is 1. The highest BCUT2D eigenvalue weighted by atomic mass is 32.2. The molecule has 4 heteroatoms. The Morgan fingerprint density at radius 2 is 2.12 bits per heavy atom. The van der Waals surface area contributed by atoms with Crippen molar-refractivity contribution in [2.75, 3.05) is 0 Å². The lowest BCUT2D eigenvalue weighted by molar-refractivity contribution is 0.0888. The van der Waals surface area contributed by atoms with Crippen LogP contribution in [0.1, 0.15) is 42.6 Å². The second kappa shape index (κ2) is 4.48. The Bertz CT molecular complexity index is 417. The van der Waals surface area contributed by atoms with E-state index in [9.17, 15) is 4.79 Å². The highest BCUT2D eigenvalue weighted by Gasteiger charge is 2.36. The molecule has 0 saturated carbocycles. The van der Waals surface area contributed by atoms with E-state index in [0.29, 0.717) is 5.78 Å². The van der Waals surface area contributed by atoms with Crippen molar-refractivity contribution in [3.63, 3.8) is 0 Å². The van der Waals surface area contributed by atoms with Crippen molar-refractivity contribution in [1.29, 1.82) is 0 Å². The summed E-state index contributed by atoms with van der Waals surface area (Å²) in [5.74, 6) is 0.546. The largest absolute Gasteiger partial charge is 0.331 e. The molecule has 2 aliphatic rings. The lowest BCUT2D eigenvalue weighted by Crippen LogP contribution is -2.33. The van der Waals surface area contributed by atoms with Crippen molar-refractivity contribution in [3.8, 4) is 0 Å². The predicted octanol–water partition coefficient (Wildman–Crippen LogP) is 2.67. The average Bonchev–Trinajstić information content (AvgIpc) is 2.74. The van der Waals surface area contributed by atoms with Crippen LogP contribution >= 0.6 is 11.8 Å². The van der Waals surface area contributed by atoms with Crippen LogP contribution in [0.25, 0.3) is 0 Å². The molecule has 2 fully saturated rings. The fourth-order valence-electron chi connectivity index (χ4n) is 3.08. The molecule has 2 bridgehead atoms. The molecule has 2 unspecified atom stereocenters. The molecule has 0 aromatic carbocycles. The van der Waals surface area contributed by atoms with Crippen molar-refractivity contribution in [1.82, 2.24) is 9.55 Å². The normalized spacial score (nSPS) is 32.4. The van der Waals surface area contributed by atoms with Crippen LogP contribution in [-0.2, 0) is 7.05 Å². The minimum absolute atomic E-state index is 0.238. The maximum atomic E-state index is 12.4. The van der Waals surface area contributed by atoms with Gasteiger partial charge in [0, 0.05) is 23.5 Å². The summed E-state index contributed by atoms with van der Waals surface area (Å²) in [6, 6.07) is 0. The quantitative estimate of drug-likeness (QED) is 0.757. The molecule has 17 heavy (non-hydrogen) atoms. The van der Waals surface area contributed by atoms with Gasteiger partial charge in [0.2, 0.25) is 0 Å². The van der Waals surface area contributed by atoms with E-state index in [1.54, 1.807) is 12.5 Å². The molecule has 2 aliphatic heterocycles. The standard InChI is InChI=1S/C13H18N2OS/c1-15-8-14-7-12(15)13(16)9-5-10-3-2-4-11(6-9)17-10/h7-11H,2-6H2,1H3. The first-order valence-electron chi connectivity index (χ1n) is 6.40. The number of carbonyl (C=O) groups excluding carboxylic acids is 1. The Morgan fingerprint density at radius 1 is 1.41 bits per heavy atom. The molecule has 2 saturated heterocycles. The number of imidazole rings is 1. The summed E-state index contributed by atoms with van der Waals surface area (Å²) < 4.78 is 1.85. The Labute approximate surface area is 106 Å². The van der Waals surface area contributed by atoms with E-state index in [1.165, 1.54) is 19.3 Å². The van der Waals surface area contributed by atoms with Crippen molar-refractivity contribution in [3.05, 3.63) is 18.2 Å². The molecule has 1 aromatic rings. The zero-order valence-corrected chi connectivity index (χ0v) is 10.9. The summed E-state index contributed by atoms with van der Waals surface area (Å²) in [5.41, 5.74) is 0.778. The third-order valence-electron chi connectivity index (χ3n) is 3.97. The number of rotatable bonds is 2. The zero-order chi connectivity index (χ0) is 11.8. The topological polar surface area (TPSA) is 34.9 Å². The van der Waals surface area contributed by atoms with Gasteiger partial charge in [0.1, 0.15) is 5.69 Å². The molecule has 0 amide bonds. The summed E-state index contributed by atoms with van der Waals surface area (Å²) >= 11 is 2.12. The fraction of sp³-hybridized carbons (Fsp3) is 0.692. The fourth-order valence-corrected chi connectivity index (χ4v) is 4.91. The van der Waals surface area contributed by atoms with Gasteiger partial charge < -0.3 is 4.57 Å². The van der Waals surface area contributed by atoms with Gasteiger partial charge in [-0.1, -0.05) is 6.42 Å². The van der Waals surface area contributed by atoms with Gasteiger partial charge in [0.25, 0.3) is 0 Å². The second-order valence-corrected chi connectivity index (χ2v) is 6.84. The third-order valence-corrected chi connectivity index (χ3v) is 5.60. The molecule has 3 rings (SSSR count). The minimum Gasteiger partial charge on any atom is -0.331 e. The van der Waals surface area contributed by atoms with Gasteiger partial charge in [0.15, 0.2) is 5.78 Å². The molecule has 2 atom stereocenters. The van der Waals surface area contributed by atoms with E-state index in [1.807, 2.05) is 11.6 Å². The molecule has 3 nitrogen and oxygen atoms in total. The van der Waals surface area contributed by atoms with E-state index in [4.69, 9.17) is 0 Å². The zero-order valence-electron chi connectivity index (χ0n) is 10.1. The lowest BCUT2D eigenvalue weighted by atomic mass is 9.86. The van der Waals surface area contributed by atoms with Gasteiger partial charge in [-0.2, -0.15) is 11.8 Å². The van der Waals surface area contributed by atoms with Crippen LogP contribution in [0, 0.1) is 5.92 Å². The number of ketones is 1. The van der Waals surface area contributed by atoms with E-state index in [-0.39, 0.29) is 5.92 Å². The molecule has 0 N–H and O–H groups in total. The minimum atomic E-state index is 0.238. The van der Waals surface area contributed by atoms with Crippen molar-refractivity contribution in [2.45, 2.75) is 42.6 Å². The number of carbonyl (C=O) groups is 1. The van der Waals surface area contributed by atoms with Crippen LogP contribution in [0.5, 0.6) is 0 Å². The summed E-state index contributed by atoms with van der Waals surface area (Å²) in [7, 11) is 1.90. The van der Waals surface area contributed by atoms with Crippen molar-refractivity contribution < 1.29 is 4.79 Å². The maximum absolute atomic E-state index is 12.4. The first-order valence-corrected chi connectivity index (χ1v) is 7.34. The smallest absolute Gasteiger partial charge is 0.183 e. The summed E-state index contributed by atoms with van der Waals surface area (Å²) in [5, 5.41) is 1.45. The predicted molar refractivity (Wildman–Crippen MR) is 69.3 cm³/mol. The average molecular weight is 250 g/mol. The first-order chi connectivity index (χ1) is 8.24. The van der Waals surface area contributed by atoms with Crippen LogP contribution in [0.3, 0.4) is 0 Å². The van der Waals surface area contributed by atoms with E-state index >= 15 is 0 Å². The molecule has 0 aliphatic carbocycles. The molecule has 0 radical (unpaired) electrons. The Morgan fingerprint density at radius 3 is 2.71 bits per heavy atom. The van der Waals surface area contributed by atoms with Gasteiger partial charge in [-0.25, -0.2) is 4.98 Å². The number of aromatic nitrogens is 2. The second-order valence-electron chi connectivity index (χ2n) is 5.23. The Balaban J connectivity index is 1.76. The number of aryl methyl sites for hydroxylation is 1.